The van der Waals surface area contributed by atoms with Crippen LogP contribution in [0.1, 0.15) is 19.8 Å². The van der Waals surface area contributed by atoms with Crippen LogP contribution in [0, 0.1) is 0 Å². The molecule has 0 aliphatic heterocycles. The molecule has 1 aliphatic rings. The molecule has 0 saturated heterocycles. The van der Waals surface area contributed by atoms with E-state index < -0.39 is 5.60 Å². The van der Waals surface area contributed by atoms with Gasteiger partial charge in [0.15, 0.2) is 0 Å². The van der Waals surface area contributed by atoms with Gasteiger partial charge in [-0.15, -0.1) is 0 Å². The van der Waals surface area contributed by atoms with Crippen molar-refractivity contribution in [1.82, 2.24) is 0 Å². The van der Waals surface area contributed by atoms with Crippen LogP contribution in [0.4, 0.5) is 0 Å². The molecule has 2 nitrogen and oxygen atoms in total. The topological polar surface area (TPSA) is 46.2 Å². The van der Waals surface area contributed by atoms with Gasteiger partial charge in [-0.3, -0.25) is 0 Å². The van der Waals surface area contributed by atoms with E-state index in [4.69, 9.17) is 5.73 Å². The maximum atomic E-state index is 9.82. The summed E-state index contributed by atoms with van der Waals surface area (Å²) in [5, 5.41) is 9.82. The molecule has 1 aliphatic carbocycles. The molecule has 2 unspecified atom stereocenters. The molecule has 0 spiro atoms. The number of rotatable bonds is 2. The molecule has 0 aromatic rings. The highest BCUT2D eigenvalue weighted by molar-refractivity contribution is 5.18. The summed E-state index contributed by atoms with van der Waals surface area (Å²) in [5.74, 6) is 0. The van der Waals surface area contributed by atoms with Gasteiger partial charge in [0.05, 0.1) is 5.60 Å². The molecule has 3 N–H and O–H groups in total. The molecule has 0 aromatic carbocycles. The van der Waals surface area contributed by atoms with Gasteiger partial charge in [0.2, 0.25) is 0 Å². The average Bonchev–Trinajstić information content (AvgIpc) is 1.85. The highest BCUT2D eigenvalue weighted by Gasteiger charge is 2.24. The van der Waals surface area contributed by atoms with Crippen molar-refractivity contribution in [3.8, 4) is 0 Å². The van der Waals surface area contributed by atoms with Crippen molar-refractivity contribution in [3.05, 3.63) is 24.3 Å². The van der Waals surface area contributed by atoms with Crippen LogP contribution < -0.4 is 5.73 Å². The molecule has 62 valence electrons. The van der Waals surface area contributed by atoms with E-state index in [0.29, 0.717) is 12.8 Å². The van der Waals surface area contributed by atoms with Crippen LogP contribution in [0.15, 0.2) is 24.3 Å². The van der Waals surface area contributed by atoms with Crippen LogP contribution in [-0.2, 0) is 0 Å². The zero-order chi connectivity index (χ0) is 8.32. The third-order valence-electron chi connectivity index (χ3n) is 1.80. The van der Waals surface area contributed by atoms with Crippen molar-refractivity contribution < 1.29 is 5.11 Å². The molecule has 11 heavy (non-hydrogen) atoms. The molecule has 1 rings (SSSR count). The number of hydrogen-bond acceptors (Lipinski definition) is 2. The monoisotopic (exact) mass is 153 g/mol. The summed E-state index contributed by atoms with van der Waals surface area (Å²) in [6.45, 7) is 1.91. The lowest BCUT2D eigenvalue weighted by Gasteiger charge is -2.26. The van der Waals surface area contributed by atoms with E-state index >= 15 is 0 Å². The summed E-state index contributed by atoms with van der Waals surface area (Å²) in [7, 11) is 0. The summed E-state index contributed by atoms with van der Waals surface area (Å²) >= 11 is 0. The van der Waals surface area contributed by atoms with E-state index in [-0.39, 0.29) is 6.04 Å². The molecule has 0 aromatic heterocycles. The Morgan fingerprint density at radius 1 is 1.64 bits per heavy atom. The SMILES string of the molecule is CC(N)CC1(O)C=CC=CC1. The Morgan fingerprint density at radius 2 is 2.36 bits per heavy atom. The molecule has 0 fully saturated rings. The normalized spacial score (nSPS) is 32.3. The molecule has 0 radical (unpaired) electrons. The van der Waals surface area contributed by atoms with Gasteiger partial charge in [-0.25, -0.2) is 0 Å². The van der Waals surface area contributed by atoms with E-state index in [1.807, 2.05) is 31.2 Å². The number of hydrogen-bond donors (Lipinski definition) is 2. The van der Waals surface area contributed by atoms with Crippen LogP contribution in [0.5, 0.6) is 0 Å². The second-order valence-electron chi connectivity index (χ2n) is 3.28. The van der Waals surface area contributed by atoms with Gasteiger partial charge in [0.1, 0.15) is 0 Å². The summed E-state index contributed by atoms with van der Waals surface area (Å²) in [6, 6.07) is 0.0520. The quantitative estimate of drug-likeness (QED) is 0.621. The van der Waals surface area contributed by atoms with Gasteiger partial charge in [-0.05, 0) is 19.8 Å². The molecule has 0 heterocycles. The molecular weight excluding hydrogens is 138 g/mol. The lowest BCUT2D eigenvalue weighted by Crippen LogP contribution is -2.34. The van der Waals surface area contributed by atoms with Crippen molar-refractivity contribution in [2.75, 3.05) is 0 Å². The second-order valence-corrected chi connectivity index (χ2v) is 3.28. The van der Waals surface area contributed by atoms with Gasteiger partial charge in [0, 0.05) is 6.04 Å². The van der Waals surface area contributed by atoms with Crippen molar-refractivity contribution in [3.63, 3.8) is 0 Å². The fraction of sp³-hybridized carbons (Fsp3) is 0.556. The fourth-order valence-electron chi connectivity index (χ4n) is 1.36. The van der Waals surface area contributed by atoms with Crippen LogP contribution >= 0.6 is 0 Å². The first kappa shape index (κ1) is 8.50. The zero-order valence-corrected chi connectivity index (χ0v) is 6.83. The Labute approximate surface area is 67.4 Å². The molecule has 0 bridgehead atoms. The Balaban J connectivity index is 2.54. The molecule has 0 amide bonds. The third-order valence-corrected chi connectivity index (χ3v) is 1.80. The Kier molecular flexibility index (Phi) is 2.47. The van der Waals surface area contributed by atoms with Gasteiger partial charge in [0.25, 0.3) is 0 Å². The van der Waals surface area contributed by atoms with Crippen LogP contribution in [0.25, 0.3) is 0 Å². The van der Waals surface area contributed by atoms with Gasteiger partial charge < -0.3 is 10.8 Å². The van der Waals surface area contributed by atoms with Crippen LogP contribution in [0.3, 0.4) is 0 Å². The molecular formula is C9H15NO. The third kappa shape index (κ3) is 2.48. The van der Waals surface area contributed by atoms with E-state index in [2.05, 4.69) is 0 Å². The van der Waals surface area contributed by atoms with Gasteiger partial charge in [-0.2, -0.15) is 0 Å². The molecule has 0 saturated carbocycles. The minimum Gasteiger partial charge on any atom is -0.385 e. The Morgan fingerprint density at radius 3 is 2.82 bits per heavy atom. The summed E-state index contributed by atoms with van der Waals surface area (Å²) in [5.41, 5.74) is 4.90. The minimum atomic E-state index is -0.692. The summed E-state index contributed by atoms with van der Waals surface area (Å²) in [4.78, 5) is 0. The minimum absolute atomic E-state index is 0.0520. The second kappa shape index (κ2) is 3.20. The maximum absolute atomic E-state index is 9.82. The van der Waals surface area contributed by atoms with Gasteiger partial charge in [-0.1, -0.05) is 24.3 Å². The van der Waals surface area contributed by atoms with Gasteiger partial charge >= 0.3 is 0 Å². The predicted octanol–water partition coefficient (Wildman–Crippen LogP) is 0.971. The van der Waals surface area contributed by atoms with E-state index in [1.54, 1.807) is 0 Å². The van der Waals surface area contributed by atoms with Crippen molar-refractivity contribution in [2.45, 2.75) is 31.4 Å². The summed E-state index contributed by atoms with van der Waals surface area (Å²) < 4.78 is 0. The summed E-state index contributed by atoms with van der Waals surface area (Å²) in [6.07, 6.45) is 8.90. The van der Waals surface area contributed by atoms with Crippen LogP contribution in [-0.4, -0.2) is 16.7 Å². The molecule has 2 atom stereocenters. The Bertz CT molecular complexity index is 184. The molecule has 2 heteroatoms. The van der Waals surface area contributed by atoms with Crippen molar-refractivity contribution in [1.29, 1.82) is 0 Å². The zero-order valence-electron chi connectivity index (χ0n) is 6.83. The van der Waals surface area contributed by atoms with E-state index in [0.717, 1.165) is 0 Å². The number of nitrogens with two attached hydrogens (primary N) is 1. The highest BCUT2D eigenvalue weighted by Crippen LogP contribution is 2.22. The predicted molar refractivity (Wildman–Crippen MR) is 46.1 cm³/mol. The van der Waals surface area contributed by atoms with E-state index in [9.17, 15) is 5.11 Å². The number of allylic oxidation sites excluding steroid dienone is 2. The largest absolute Gasteiger partial charge is 0.385 e. The number of aliphatic hydroxyl groups is 1. The Hall–Kier alpha value is -0.600. The fourth-order valence-corrected chi connectivity index (χ4v) is 1.36. The maximum Gasteiger partial charge on any atom is 0.0879 e. The smallest absolute Gasteiger partial charge is 0.0879 e. The standard InChI is InChI=1S/C9H15NO/c1-8(10)7-9(11)5-3-2-4-6-9/h2-5,8,11H,6-7,10H2,1H3. The highest BCUT2D eigenvalue weighted by atomic mass is 16.3. The van der Waals surface area contributed by atoms with Crippen molar-refractivity contribution >= 4 is 0 Å². The lowest BCUT2D eigenvalue weighted by atomic mass is 9.89. The first-order valence-corrected chi connectivity index (χ1v) is 3.95. The van der Waals surface area contributed by atoms with Crippen LogP contribution in [0.2, 0.25) is 0 Å². The first-order valence-electron chi connectivity index (χ1n) is 3.95. The first-order chi connectivity index (χ1) is 5.12. The van der Waals surface area contributed by atoms with E-state index in [1.165, 1.54) is 0 Å². The lowest BCUT2D eigenvalue weighted by molar-refractivity contribution is 0.0777. The van der Waals surface area contributed by atoms with Crippen molar-refractivity contribution in [2.24, 2.45) is 5.73 Å². The average molecular weight is 153 g/mol.